The van der Waals surface area contributed by atoms with E-state index < -0.39 is 11.7 Å². The lowest BCUT2D eigenvalue weighted by Gasteiger charge is -2.38. The minimum absolute atomic E-state index is 0.0151. The fraction of sp³-hybridized carbons (Fsp3) is 0.300. The van der Waals surface area contributed by atoms with Gasteiger partial charge in [-0.25, -0.2) is 4.79 Å². The van der Waals surface area contributed by atoms with Crippen LogP contribution < -0.4 is 9.64 Å². The Morgan fingerprint density at radius 3 is 2.36 bits per heavy atom. The molecule has 0 atom stereocenters. The fourth-order valence-corrected chi connectivity index (χ4v) is 3.09. The zero-order chi connectivity index (χ0) is 18.2. The monoisotopic (exact) mass is 333 g/mol. The van der Waals surface area contributed by atoms with Crippen LogP contribution in [0.3, 0.4) is 0 Å². The van der Waals surface area contributed by atoms with Gasteiger partial charge in [-0.2, -0.15) is 0 Å². The van der Waals surface area contributed by atoms with Crippen molar-refractivity contribution in [1.82, 2.24) is 0 Å². The number of hydrogen-bond acceptors (Lipinski definition) is 4. The van der Waals surface area contributed by atoms with Crippen molar-refractivity contribution >= 4 is 25.2 Å². The van der Waals surface area contributed by atoms with Gasteiger partial charge in [-0.15, -0.1) is 0 Å². The Balaban J connectivity index is 1.84. The minimum Gasteiger partial charge on any atom is -0.423 e. The largest absolute Gasteiger partial charge is 0.423 e. The summed E-state index contributed by atoms with van der Waals surface area (Å²) in [6.07, 6.45) is 1.03. The molecule has 0 fully saturated rings. The normalized spacial score (nSPS) is 15.4. The van der Waals surface area contributed by atoms with E-state index in [9.17, 15) is 9.59 Å². The summed E-state index contributed by atoms with van der Waals surface area (Å²) in [5.41, 5.74) is 2.69. The molecular weight excluding hydrogens is 313 g/mol. The quantitative estimate of drug-likeness (QED) is 0.491. The number of carbonyl (C=O) groups excluding carboxylic acids is 2. The summed E-state index contributed by atoms with van der Waals surface area (Å²) < 4.78 is 5.42. The van der Waals surface area contributed by atoms with Gasteiger partial charge in [0.15, 0.2) is 7.85 Å². The molecule has 2 aromatic rings. The van der Waals surface area contributed by atoms with E-state index in [1.54, 1.807) is 18.2 Å². The second-order valence-corrected chi connectivity index (χ2v) is 7.07. The Labute approximate surface area is 149 Å². The molecule has 2 radical (unpaired) electrons. The third-order valence-corrected chi connectivity index (χ3v) is 4.79. The number of esters is 1. The van der Waals surface area contributed by atoms with Crippen LogP contribution in [0.15, 0.2) is 42.5 Å². The second kappa shape index (κ2) is 6.39. The molecule has 0 amide bonds. The van der Waals surface area contributed by atoms with E-state index in [-0.39, 0.29) is 5.41 Å². The highest BCUT2D eigenvalue weighted by atomic mass is 16.5. The Hall–Kier alpha value is -2.56. The van der Waals surface area contributed by atoms with E-state index in [2.05, 4.69) is 25.8 Å². The maximum Gasteiger partial charge on any atom is 0.343 e. The molecule has 0 aliphatic carbocycles. The number of nitrogens with zero attached hydrogens (tertiary/aromatic N) is 1. The van der Waals surface area contributed by atoms with Gasteiger partial charge in [0.25, 0.3) is 0 Å². The van der Waals surface area contributed by atoms with Crippen LogP contribution in [0.25, 0.3) is 0 Å². The summed E-state index contributed by atoms with van der Waals surface area (Å²) in [6, 6.07) is 11.9. The van der Waals surface area contributed by atoms with E-state index in [4.69, 9.17) is 12.6 Å². The van der Waals surface area contributed by atoms with Crippen molar-refractivity contribution in [3.63, 3.8) is 0 Å². The first-order valence-corrected chi connectivity index (χ1v) is 8.26. The molecule has 25 heavy (non-hydrogen) atoms. The minimum atomic E-state index is -0.515. The molecule has 5 heteroatoms. The molecule has 1 aliphatic heterocycles. The standard InChI is InChI=1S/C20H20BNO3/c1-20(2)10-11-22(3)17-9-6-14(12-16(17)20)19(24)25-15-7-4-13(5-8-15)18(21)23/h4-9,12H,10-11H2,1-3H3. The molecule has 0 saturated heterocycles. The van der Waals surface area contributed by atoms with Crippen molar-refractivity contribution in [2.24, 2.45) is 0 Å². The molecule has 0 saturated carbocycles. The summed E-state index contributed by atoms with van der Waals surface area (Å²) in [5, 5.41) is 0. The maximum absolute atomic E-state index is 12.5. The van der Waals surface area contributed by atoms with Crippen LogP contribution in [0.2, 0.25) is 0 Å². The molecule has 1 aliphatic rings. The van der Waals surface area contributed by atoms with Crippen LogP contribution in [-0.4, -0.2) is 33.1 Å². The first-order chi connectivity index (χ1) is 11.8. The first kappa shape index (κ1) is 17.3. The maximum atomic E-state index is 12.5. The van der Waals surface area contributed by atoms with Gasteiger partial charge in [0.2, 0.25) is 0 Å². The molecule has 1 heterocycles. The van der Waals surface area contributed by atoms with Crippen molar-refractivity contribution in [1.29, 1.82) is 0 Å². The number of ether oxygens (including phenoxy) is 1. The molecule has 126 valence electrons. The molecular formula is C20H20BNO3. The number of rotatable bonds is 3. The molecule has 0 N–H and O–H groups in total. The summed E-state index contributed by atoms with van der Waals surface area (Å²) in [5.74, 6) is -0.0391. The van der Waals surface area contributed by atoms with Gasteiger partial charge in [-0.3, -0.25) is 0 Å². The third-order valence-electron chi connectivity index (χ3n) is 4.79. The van der Waals surface area contributed by atoms with Crippen molar-refractivity contribution in [3.8, 4) is 5.75 Å². The SMILES string of the molecule is [B]C(=O)c1ccc(OC(=O)c2ccc3c(c2)C(C)(C)CCN3C)cc1. The summed E-state index contributed by atoms with van der Waals surface area (Å²) in [4.78, 5) is 25.8. The summed E-state index contributed by atoms with van der Waals surface area (Å²) >= 11 is 0. The Bertz CT molecular complexity index is 827. The lowest BCUT2D eigenvalue weighted by atomic mass is 9.77. The van der Waals surface area contributed by atoms with Gasteiger partial charge >= 0.3 is 5.97 Å². The molecule has 0 bridgehead atoms. The van der Waals surface area contributed by atoms with Gasteiger partial charge in [0.05, 0.1) is 5.56 Å². The molecule has 3 rings (SSSR count). The van der Waals surface area contributed by atoms with E-state index >= 15 is 0 Å². The van der Waals surface area contributed by atoms with Gasteiger partial charge in [-0.05, 0) is 59.9 Å². The smallest absolute Gasteiger partial charge is 0.343 e. The molecule has 0 spiro atoms. The number of hydrogen-bond donors (Lipinski definition) is 0. The molecule has 0 aromatic heterocycles. The predicted molar refractivity (Wildman–Crippen MR) is 98.8 cm³/mol. The van der Waals surface area contributed by atoms with Gasteiger partial charge in [0, 0.05) is 24.8 Å². The first-order valence-electron chi connectivity index (χ1n) is 8.26. The topological polar surface area (TPSA) is 46.6 Å². The molecule has 2 aromatic carbocycles. The van der Waals surface area contributed by atoms with Crippen LogP contribution in [0, 0.1) is 0 Å². The molecule has 0 unspecified atom stereocenters. The van der Waals surface area contributed by atoms with Crippen molar-refractivity contribution in [2.45, 2.75) is 25.7 Å². The van der Waals surface area contributed by atoms with Crippen LogP contribution in [0.4, 0.5) is 5.69 Å². The van der Waals surface area contributed by atoms with Crippen LogP contribution in [0.1, 0.15) is 46.5 Å². The van der Waals surface area contributed by atoms with Crippen LogP contribution in [-0.2, 0) is 5.41 Å². The van der Waals surface area contributed by atoms with E-state index in [1.165, 1.54) is 12.1 Å². The highest BCUT2D eigenvalue weighted by Gasteiger charge is 2.30. The Morgan fingerprint density at radius 2 is 1.72 bits per heavy atom. The van der Waals surface area contributed by atoms with Gasteiger partial charge in [0.1, 0.15) is 11.4 Å². The van der Waals surface area contributed by atoms with Crippen molar-refractivity contribution in [2.75, 3.05) is 18.5 Å². The van der Waals surface area contributed by atoms with E-state index in [0.717, 1.165) is 24.2 Å². The van der Waals surface area contributed by atoms with Gasteiger partial charge < -0.3 is 14.4 Å². The van der Waals surface area contributed by atoms with E-state index in [1.807, 2.05) is 12.1 Å². The van der Waals surface area contributed by atoms with E-state index in [0.29, 0.717) is 16.9 Å². The Morgan fingerprint density at radius 1 is 1.08 bits per heavy atom. The lowest BCUT2D eigenvalue weighted by molar-refractivity contribution is 0.0734. The predicted octanol–water partition coefficient (Wildman–Crippen LogP) is 3.33. The highest BCUT2D eigenvalue weighted by molar-refractivity contribution is 6.62. The van der Waals surface area contributed by atoms with Crippen molar-refractivity contribution in [3.05, 3.63) is 59.2 Å². The number of benzene rings is 2. The van der Waals surface area contributed by atoms with Crippen molar-refractivity contribution < 1.29 is 14.3 Å². The van der Waals surface area contributed by atoms with Gasteiger partial charge in [-0.1, -0.05) is 13.8 Å². The van der Waals surface area contributed by atoms with Crippen LogP contribution in [0.5, 0.6) is 5.75 Å². The summed E-state index contributed by atoms with van der Waals surface area (Å²) in [7, 11) is 7.27. The van der Waals surface area contributed by atoms with Crippen LogP contribution >= 0.6 is 0 Å². The zero-order valence-corrected chi connectivity index (χ0v) is 14.7. The molecule has 4 nitrogen and oxygen atoms in total. The highest BCUT2D eigenvalue weighted by Crippen LogP contribution is 2.39. The average molecular weight is 333 g/mol. The fourth-order valence-electron chi connectivity index (χ4n) is 3.09. The lowest BCUT2D eigenvalue weighted by Crippen LogP contribution is -2.35. The number of anilines is 1. The second-order valence-electron chi connectivity index (χ2n) is 7.07. The summed E-state index contributed by atoms with van der Waals surface area (Å²) in [6.45, 7) is 5.38. The average Bonchev–Trinajstić information content (AvgIpc) is 2.58. The zero-order valence-electron chi connectivity index (χ0n) is 14.7. The number of carbonyl (C=O) groups is 2. The third kappa shape index (κ3) is 3.45. The Kier molecular flexibility index (Phi) is 4.42. The number of fused-ring (bicyclic) bond motifs is 1.